The Morgan fingerprint density at radius 1 is 1.12 bits per heavy atom. The van der Waals surface area contributed by atoms with Gasteiger partial charge in [0.15, 0.2) is 5.78 Å². The van der Waals surface area contributed by atoms with Crippen LogP contribution in [0, 0.1) is 0 Å². The number of hydrogen-bond donors (Lipinski definition) is 1. The van der Waals surface area contributed by atoms with Crippen LogP contribution < -0.4 is 4.72 Å². The minimum atomic E-state index is -4.79. The number of anilines is 1. The summed E-state index contributed by atoms with van der Waals surface area (Å²) in [5, 5.41) is -0.177. The van der Waals surface area contributed by atoms with Gasteiger partial charge in [-0.05, 0) is 37.3 Å². The fourth-order valence-electron chi connectivity index (χ4n) is 1.93. The molecule has 0 aromatic heterocycles. The molecule has 2 aromatic carbocycles. The Morgan fingerprint density at radius 3 is 2.38 bits per heavy atom. The van der Waals surface area contributed by atoms with Crippen LogP contribution in [0.2, 0.25) is 5.02 Å². The number of carbonyl (C=O) groups excluding carboxylic acids is 1. The molecule has 2 aromatic rings. The lowest BCUT2D eigenvalue weighted by molar-refractivity contribution is -0.136. The molecular formula is C15H11ClF3NO3S. The molecule has 0 bridgehead atoms. The van der Waals surface area contributed by atoms with Gasteiger partial charge in [0, 0.05) is 10.6 Å². The highest BCUT2D eigenvalue weighted by Gasteiger charge is 2.35. The van der Waals surface area contributed by atoms with E-state index in [-0.39, 0.29) is 21.3 Å². The van der Waals surface area contributed by atoms with Crippen molar-refractivity contribution in [3.63, 3.8) is 0 Å². The Balaban J connectivity index is 2.47. The average molecular weight is 378 g/mol. The van der Waals surface area contributed by atoms with E-state index in [0.29, 0.717) is 6.07 Å². The summed E-state index contributed by atoms with van der Waals surface area (Å²) in [5.74, 6) is -0.366. The topological polar surface area (TPSA) is 63.2 Å². The smallest absolute Gasteiger partial charge is 0.295 e. The molecule has 0 saturated heterocycles. The van der Waals surface area contributed by atoms with Gasteiger partial charge in [-0.1, -0.05) is 23.7 Å². The summed E-state index contributed by atoms with van der Waals surface area (Å²) in [5.41, 5.74) is -1.73. The minimum absolute atomic E-state index is 0.130. The molecular weight excluding hydrogens is 367 g/mol. The molecule has 0 aliphatic heterocycles. The number of rotatable bonds is 4. The van der Waals surface area contributed by atoms with Gasteiger partial charge in [0.2, 0.25) is 0 Å². The second-order valence-electron chi connectivity index (χ2n) is 4.88. The first-order chi connectivity index (χ1) is 11.0. The SMILES string of the molecule is CC(=O)c1cccc(S(=O)(=O)Nc2ccc(Cl)cc2C(F)(F)F)c1. The van der Waals surface area contributed by atoms with Crippen molar-refractivity contribution in [1.82, 2.24) is 0 Å². The van der Waals surface area contributed by atoms with Crippen LogP contribution >= 0.6 is 11.6 Å². The Kier molecular flexibility index (Phi) is 4.91. The van der Waals surface area contributed by atoms with Crippen molar-refractivity contribution < 1.29 is 26.4 Å². The highest BCUT2D eigenvalue weighted by Crippen LogP contribution is 2.37. The van der Waals surface area contributed by atoms with Crippen LogP contribution in [0.3, 0.4) is 0 Å². The van der Waals surface area contributed by atoms with Crippen LogP contribution in [0.1, 0.15) is 22.8 Å². The number of sulfonamides is 1. The number of alkyl halides is 3. The zero-order valence-electron chi connectivity index (χ0n) is 12.2. The summed E-state index contributed by atoms with van der Waals surface area (Å²) in [6, 6.07) is 7.71. The molecule has 1 N–H and O–H groups in total. The Morgan fingerprint density at radius 2 is 1.79 bits per heavy atom. The van der Waals surface area contributed by atoms with Crippen LogP contribution in [-0.2, 0) is 16.2 Å². The van der Waals surface area contributed by atoms with E-state index in [2.05, 4.69) is 0 Å². The summed E-state index contributed by atoms with van der Waals surface area (Å²) in [6.07, 6.45) is -4.79. The van der Waals surface area contributed by atoms with Crippen molar-refractivity contribution in [2.45, 2.75) is 18.0 Å². The second kappa shape index (κ2) is 6.45. The molecule has 0 saturated carbocycles. The molecule has 128 valence electrons. The van der Waals surface area contributed by atoms with Crippen molar-refractivity contribution >= 4 is 33.1 Å². The first kappa shape index (κ1) is 18.3. The molecule has 0 fully saturated rings. The van der Waals surface area contributed by atoms with Crippen LogP contribution in [-0.4, -0.2) is 14.2 Å². The van der Waals surface area contributed by atoms with E-state index in [1.165, 1.54) is 25.1 Å². The Bertz CT molecular complexity index is 895. The number of halogens is 4. The normalized spacial score (nSPS) is 12.0. The van der Waals surface area contributed by atoms with Crippen LogP contribution in [0.5, 0.6) is 0 Å². The maximum Gasteiger partial charge on any atom is 0.418 e. The Labute approximate surface area is 141 Å². The van der Waals surface area contributed by atoms with Gasteiger partial charge in [0.05, 0.1) is 16.1 Å². The molecule has 0 atom stereocenters. The monoisotopic (exact) mass is 377 g/mol. The maximum atomic E-state index is 13.0. The highest BCUT2D eigenvalue weighted by atomic mass is 35.5. The van der Waals surface area contributed by atoms with E-state index in [4.69, 9.17) is 11.6 Å². The number of nitrogens with one attached hydrogen (secondary N) is 1. The van der Waals surface area contributed by atoms with E-state index in [0.717, 1.165) is 18.2 Å². The number of Topliss-reactive ketones (excluding diaryl/α,β-unsaturated/α-hetero) is 1. The molecule has 4 nitrogen and oxygen atoms in total. The van der Waals surface area contributed by atoms with Crippen molar-refractivity contribution in [2.24, 2.45) is 0 Å². The molecule has 0 unspecified atom stereocenters. The third-order valence-corrected chi connectivity index (χ3v) is 4.68. The minimum Gasteiger partial charge on any atom is -0.295 e. The second-order valence-corrected chi connectivity index (χ2v) is 7.00. The molecule has 24 heavy (non-hydrogen) atoms. The lowest BCUT2D eigenvalue weighted by Crippen LogP contribution is -2.17. The third-order valence-electron chi connectivity index (χ3n) is 3.08. The lowest BCUT2D eigenvalue weighted by Gasteiger charge is -2.15. The first-order valence-electron chi connectivity index (χ1n) is 6.51. The van der Waals surface area contributed by atoms with Crippen molar-refractivity contribution in [3.8, 4) is 0 Å². The van der Waals surface area contributed by atoms with Crippen molar-refractivity contribution in [1.29, 1.82) is 0 Å². The molecule has 9 heteroatoms. The molecule has 0 heterocycles. The maximum absolute atomic E-state index is 13.0. The van der Waals surface area contributed by atoms with Gasteiger partial charge >= 0.3 is 6.18 Å². The van der Waals surface area contributed by atoms with Gasteiger partial charge in [-0.25, -0.2) is 8.42 Å². The summed E-state index contributed by atoms with van der Waals surface area (Å²) < 4.78 is 65.6. The summed E-state index contributed by atoms with van der Waals surface area (Å²) in [4.78, 5) is 11.0. The van der Waals surface area contributed by atoms with E-state index in [9.17, 15) is 26.4 Å². The van der Waals surface area contributed by atoms with Gasteiger partial charge in [-0.15, -0.1) is 0 Å². The quantitative estimate of drug-likeness (QED) is 0.805. The van der Waals surface area contributed by atoms with Crippen LogP contribution in [0.15, 0.2) is 47.4 Å². The molecule has 0 aliphatic carbocycles. The summed E-state index contributed by atoms with van der Waals surface area (Å²) in [6.45, 7) is 1.25. The molecule has 0 radical (unpaired) electrons. The van der Waals surface area contributed by atoms with E-state index in [1.807, 2.05) is 4.72 Å². The molecule has 0 spiro atoms. The van der Waals surface area contributed by atoms with E-state index >= 15 is 0 Å². The number of carbonyl (C=O) groups is 1. The molecule has 2 rings (SSSR count). The van der Waals surface area contributed by atoms with Gasteiger partial charge < -0.3 is 0 Å². The van der Waals surface area contributed by atoms with Gasteiger partial charge in [0.25, 0.3) is 10.0 Å². The Hall–Kier alpha value is -2.06. The predicted octanol–water partition coefficient (Wildman–Crippen LogP) is 4.36. The van der Waals surface area contributed by atoms with E-state index < -0.39 is 27.5 Å². The zero-order valence-corrected chi connectivity index (χ0v) is 13.8. The van der Waals surface area contributed by atoms with E-state index in [1.54, 1.807) is 0 Å². The summed E-state index contributed by atoms with van der Waals surface area (Å²) in [7, 11) is -4.31. The third kappa shape index (κ3) is 4.07. The van der Waals surface area contributed by atoms with Crippen LogP contribution in [0.4, 0.5) is 18.9 Å². The fraction of sp³-hybridized carbons (Fsp3) is 0.133. The average Bonchev–Trinajstić information content (AvgIpc) is 2.48. The van der Waals surface area contributed by atoms with Gasteiger partial charge in [-0.3, -0.25) is 9.52 Å². The van der Waals surface area contributed by atoms with Gasteiger partial charge in [-0.2, -0.15) is 13.2 Å². The number of benzene rings is 2. The summed E-state index contributed by atoms with van der Waals surface area (Å²) >= 11 is 5.55. The van der Waals surface area contributed by atoms with Crippen LogP contribution in [0.25, 0.3) is 0 Å². The van der Waals surface area contributed by atoms with Gasteiger partial charge in [0.1, 0.15) is 0 Å². The number of ketones is 1. The largest absolute Gasteiger partial charge is 0.418 e. The molecule has 0 aliphatic rings. The highest BCUT2D eigenvalue weighted by molar-refractivity contribution is 7.92. The predicted molar refractivity (Wildman–Crippen MR) is 83.7 cm³/mol. The zero-order chi connectivity index (χ0) is 18.1. The molecule has 0 amide bonds. The van der Waals surface area contributed by atoms with Crippen molar-refractivity contribution in [3.05, 3.63) is 58.6 Å². The number of hydrogen-bond acceptors (Lipinski definition) is 3. The lowest BCUT2D eigenvalue weighted by atomic mass is 10.2. The van der Waals surface area contributed by atoms with Crippen molar-refractivity contribution in [2.75, 3.05) is 4.72 Å². The fourth-order valence-corrected chi connectivity index (χ4v) is 3.22. The first-order valence-corrected chi connectivity index (χ1v) is 8.37. The standard InChI is InChI=1S/C15H11ClF3NO3S/c1-9(21)10-3-2-4-12(7-10)24(22,23)20-14-6-5-11(16)8-13(14)15(17,18)19/h2-8,20H,1H3.